The molecule has 0 saturated carbocycles. The van der Waals surface area contributed by atoms with Crippen molar-refractivity contribution in [1.29, 1.82) is 0 Å². The molecule has 5 aromatic rings. The van der Waals surface area contributed by atoms with Gasteiger partial charge in [0.2, 0.25) is 17.7 Å². The van der Waals surface area contributed by atoms with Gasteiger partial charge in [-0.05, 0) is 66.1 Å². The lowest BCUT2D eigenvalue weighted by Gasteiger charge is -2.38. The number of nitrogens with zero attached hydrogens (tertiary/aromatic N) is 7. The molecule has 3 saturated heterocycles. The Morgan fingerprint density at radius 3 is 2.25 bits per heavy atom. The molecule has 0 spiro atoms. The second-order valence-electron chi connectivity index (χ2n) is 17.0. The molecule has 7 heterocycles. The molecule has 65 heavy (non-hydrogen) atoms. The lowest BCUT2D eigenvalue weighted by Crippen LogP contribution is -2.54. The highest BCUT2D eigenvalue weighted by Gasteiger charge is 2.45. The van der Waals surface area contributed by atoms with E-state index >= 15 is 0 Å². The molecule has 17 heteroatoms. The number of fused-ring (bicyclic) bond motifs is 2. The van der Waals surface area contributed by atoms with Gasteiger partial charge < -0.3 is 14.7 Å². The van der Waals surface area contributed by atoms with Crippen molar-refractivity contribution in [3.8, 4) is 11.1 Å². The largest absolute Gasteiger partial charge is 0.369 e. The SMILES string of the molecule is O=C1CCC(N2C(=O)c3ccc(N4CCN(CC(=O)N5CCC(c6ccc(-c7cnc8c(c7)C(=O)N(C(C(=O)Nc7nccs7)c7ccccc7)C8)cc6)CC5)CC4)cc3C2=O)C(=O)N1. The van der Waals surface area contributed by atoms with Gasteiger partial charge in [0.1, 0.15) is 12.1 Å². The molecule has 2 N–H and O–H groups in total. The van der Waals surface area contributed by atoms with Crippen molar-refractivity contribution in [2.45, 2.75) is 50.2 Å². The summed E-state index contributed by atoms with van der Waals surface area (Å²) in [5.74, 6) is -2.29. The van der Waals surface area contributed by atoms with Gasteiger partial charge in [-0.3, -0.25) is 59.0 Å². The number of benzene rings is 3. The lowest BCUT2D eigenvalue weighted by atomic mass is 9.88. The number of piperidine rings is 2. The number of thiazole rings is 1. The van der Waals surface area contributed by atoms with Gasteiger partial charge in [-0.2, -0.15) is 0 Å². The molecule has 0 aliphatic carbocycles. The molecule has 7 amide bonds. The van der Waals surface area contributed by atoms with Crippen LogP contribution in [-0.4, -0.2) is 123 Å². The molecule has 5 aliphatic rings. The van der Waals surface area contributed by atoms with E-state index in [-0.39, 0.29) is 48.2 Å². The zero-order chi connectivity index (χ0) is 44.8. The topological polar surface area (TPSA) is 186 Å². The summed E-state index contributed by atoms with van der Waals surface area (Å²) in [7, 11) is 0. The van der Waals surface area contributed by atoms with Gasteiger partial charge in [0.05, 0.1) is 35.5 Å². The van der Waals surface area contributed by atoms with E-state index in [0.717, 1.165) is 34.6 Å². The third kappa shape index (κ3) is 8.16. The van der Waals surface area contributed by atoms with E-state index in [4.69, 9.17) is 4.98 Å². The Morgan fingerprint density at radius 2 is 1.52 bits per heavy atom. The maximum absolute atomic E-state index is 14.0. The van der Waals surface area contributed by atoms with Crippen LogP contribution in [-0.2, 0) is 25.7 Å². The Morgan fingerprint density at radius 1 is 0.769 bits per heavy atom. The second kappa shape index (κ2) is 17.5. The molecule has 16 nitrogen and oxygen atoms in total. The van der Waals surface area contributed by atoms with Crippen LogP contribution in [0.3, 0.4) is 0 Å². The fourth-order valence-electron chi connectivity index (χ4n) is 9.65. The standard InChI is InChI=1S/C48H45N9O7S/c58-40-13-12-39(43(60)51-40)57-46(63)35-11-10-34(25-36(35)47(57)64)54-21-19-53(20-22-54)28-41(59)55-17-14-31(15-18-55)29-6-8-30(9-7-29)33-24-37-38(50-26-33)27-56(45(37)62)42(32-4-2-1-3-5-32)44(61)52-48-49-16-23-65-48/h1-11,16,23-26,31,39,42H,12-15,17-22,27-28H2,(H,49,52,61)(H,51,58,60). The van der Waals surface area contributed by atoms with Gasteiger partial charge in [0.25, 0.3) is 23.6 Å². The predicted octanol–water partition coefficient (Wildman–Crippen LogP) is 4.47. The van der Waals surface area contributed by atoms with Crippen LogP contribution in [0.1, 0.15) is 85.5 Å². The number of piperazine rings is 1. The van der Waals surface area contributed by atoms with E-state index in [1.165, 1.54) is 16.9 Å². The van der Waals surface area contributed by atoms with Crippen LogP contribution in [0.2, 0.25) is 0 Å². The van der Waals surface area contributed by atoms with Crippen molar-refractivity contribution in [2.24, 2.45) is 0 Å². The number of carbonyl (C=O) groups excluding carboxylic acids is 7. The molecule has 2 unspecified atom stereocenters. The first-order valence-electron chi connectivity index (χ1n) is 21.9. The number of aromatic nitrogens is 2. The van der Waals surface area contributed by atoms with Crippen LogP contribution < -0.4 is 15.5 Å². The first-order valence-corrected chi connectivity index (χ1v) is 22.7. The molecule has 3 fully saturated rings. The molecule has 10 rings (SSSR count). The maximum atomic E-state index is 14.0. The summed E-state index contributed by atoms with van der Waals surface area (Å²) in [4.78, 5) is 109. The fourth-order valence-corrected chi connectivity index (χ4v) is 10.2. The van der Waals surface area contributed by atoms with Gasteiger partial charge in [0.15, 0.2) is 5.13 Å². The predicted molar refractivity (Wildman–Crippen MR) is 240 cm³/mol. The summed E-state index contributed by atoms with van der Waals surface area (Å²) < 4.78 is 0. The van der Waals surface area contributed by atoms with E-state index in [1.54, 1.807) is 34.8 Å². The molecule has 0 radical (unpaired) electrons. The highest BCUT2D eigenvalue weighted by Crippen LogP contribution is 2.36. The van der Waals surface area contributed by atoms with Crippen molar-refractivity contribution in [3.63, 3.8) is 0 Å². The number of amides is 7. The highest BCUT2D eigenvalue weighted by molar-refractivity contribution is 7.13. The summed E-state index contributed by atoms with van der Waals surface area (Å²) >= 11 is 1.31. The van der Waals surface area contributed by atoms with Crippen LogP contribution in [0.4, 0.5) is 10.8 Å². The van der Waals surface area contributed by atoms with Crippen LogP contribution in [0, 0.1) is 0 Å². The minimum Gasteiger partial charge on any atom is -0.369 e. The van der Waals surface area contributed by atoms with Crippen molar-refractivity contribution in [2.75, 3.05) is 56.0 Å². The Kier molecular flexibility index (Phi) is 11.2. The zero-order valence-corrected chi connectivity index (χ0v) is 36.2. The van der Waals surface area contributed by atoms with Crippen molar-refractivity contribution < 1.29 is 33.6 Å². The number of rotatable bonds is 10. The molecule has 2 atom stereocenters. The number of hydrogen-bond donors (Lipinski definition) is 2. The molecule has 330 valence electrons. The van der Waals surface area contributed by atoms with Gasteiger partial charge >= 0.3 is 0 Å². The number of anilines is 2. The van der Waals surface area contributed by atoms with E-state index < -0.39 is 35.7 Å². The van der Waals surface area contributed by atoms with Gasteiger partial charge in [0, 0.05) is 74.7 Å². The lowest BCUT2D eigenvalue weighted by molar-refractivity contribution is -0.136. The van der Waals surface area contributed by atoms with E-state index in [9.17, 15) is 33.6 Å². The fraction of sp³-hybridized carbons (Fsp3) is 0.312. The minimum atomic E-state index is -1.01. The number of hydrogen-bond acceptors (Lipinski definition) is 12. The van der Waals surface area contributed by atoms with Crippen molar-refractivity contribution in [1.82, 2.24) is 34.9 Å². The highest BCUT2D eigenvalue weighted by atomic mass is 32.1. The number of pyridine rings is 1. The minimum absolute atomic E-state index is 0.0654. The first-order chi connectivity index (χ1) is 31.6. The Hall–Kier alpha value is -7.11. The molecule has 3 aromatic carbocycles. The number of nitrogens with one attached hydrogen (secondary N) is 2. The third-order valence-corrected chi connectivity index (χ3v) is 13.9. The van der Waals surface area contributed by atoms with E-state index in [0.29, 0.717) is 73.7 Å². The van der Waals surface area contributed by atoms with Crippen LogP contribution in [0.15, 0.2) is 96.6 Å². The quantitative estimate of drug-likeness (QED) is 0.189. The van der Waals surface area contributed by atoms with Gasteiger partial charge in [-0.15, -0.1) is 11.3 Å². The van der Waals surface area contributed by atoms with Crippen molar-refractivity contribution in [3.05, 3.63) is 130 Å². The van der Waals surface area contributed by atoms with Crippen LogP contribution in [0.5, 0.6) is 0 Å². The summed E-state index contributed by atoms with van der Waals surface area (Å²) in [6.45, 7) is 4.47. The van der Waals surface area contributed by atoms with Crippen molar-refractivity contribution >= 4 is 63.5 Å². The monoisotopic (exact) mass is 891 g/mol. The summed E-state index contributed by atoms with van der Waals surface area (Å²) in [5, 5.41) is 7.34. The number of likely N-dealkylation sites (tertiary alicyclic amines) is 1. The number of carbonyl (C=O) groups is 7. The van der Waals surface area contributed by atoms with Crippen LogP contribution >= 0.6 is 11.3 Å². The van der Waals surface area contributed by atoms with E-state index in [2.05, 4.69) is 49.7 Å². The number of imide groups is 2. The average molecular weight is 892 g/mol. The normalized spacial score (nSPS) is 19.6. The molecular weight excluding hydrogens is 847 g/mol. The van der Waals surface area contributed by atoms with Gasteiger partial charge in [-0.25, -0.2) is 4.98 Å². The first kappa shape index (κ1) is 41.9. The smallest absolute Gasteiger partial charge is 0.262 e. The maximum Gasteiger partial charge on any atom is 0.262 e. The Balaban J connectivity index is 0.711. The Labute approximate surface area is 378 Å². The summed E-state index contributed by atoms with van der Waals surface area (Å²) in [5.41, 5.74) is 6.04. The van der Waals surface area contributed by atoms with E-state index in [1.807, 2.05) is 47.4 Å². The van der Waals surface area contributed by atoms with Crippen LogP contribution in [0.25, 0.3) is 11.1 Å². The molecular formula is C48H45N9O7S. The molecule has 2 aromatic heterocycles. The molecule has 5 aliphatic heterocycles. The average Bonchev–Trinajstić information content (AvgIpc) is 4.03. The third-order valence-electron chi connectivity index (χ3n) is 13.2. The summed E-state index contributed by atoms with van der Waals surface area (Å²) in [6.07, 6.45) is 5.27. The Bertz CT molecular complexity index is 2710. The molecule has 0 bridgehead atoms. The summed E-state index contributed by atoms with van der Waals surface area (Å²) in [6, 6.07) is 22.7. The second-order valence-corrected chi connectivity index (χ2v) is 17.9. The zero-order valence-electron chi connectivity index (χ0n) is 35.4. The van der Waals surface area contributed by atoms with Gasteiger partial charge in [-0.1, -0.05) is 54.6 Å².